The van der Waals surface area contributed by atoms with Crippen LogP contribution in [0.2, 0.25) is 6.82 Å². The fourth-order valence-electron chi connectivity index (χ4n) is 0.329. The van der Waals surface area contributed by atoms with Gasteiger partial charge in [0.1, 0.15) is 0 Å². The molecule has 0 aromatic heterocycles. The third-order valence-electron chi connectivity index (χ3n) is 0.712. The van der Waals surface area contributed by atoms with Gasteiger partial charge in [-0.25, -0.2) is 9.59 Å². The number of rotatable bonds is 3. The second kappa shape index (κ2) is 6.45. The zero-order chi connectivity index (χ0) is 9.40. The summed E-state index contributed by atoms with van der Waals surface area (Å²) >= 11 is 0. The van der Waals surface area contributed by atoms with Gasteiger partial charge in [0.2, 0.25) is 0 Å². The first kappa shape index (κ1) is 10.7. The molecule has 0 fully saturated rings. The third-order valence-corrected chi connectivity index (χ3v) is 0.712. The predicted molar refractivity (Wildman–Crippen MR) is 42.4 cm³/mol. The minimum absolute atomic E-state index is 0.727. The zero-order valence-corrected chi connectivity index (χ0v) is 6.37. The second-order valence-corrected chi connectivity index (χ2v) is 1.48. The molecule has 4 radical (unpaired) electrons. The molecule has 0 heterocycles. The Labute approximate surface area is 72.4 Å². The molecule has 60 valence electrons. The highest BCUT2D eigenvalue weighted by molar-refractivity contribution is 6.39. The van der Waals surface area contributed by atoms with Gasteiger partial charge in [-0.05, 0) is 6.82 Å². The third kappa shape index (κ3) is 5.51. The van der Waals surface area contributed by atoms with Gasteiger partial charge < -0.3 is 19.8 Å². The summed E-state index contributed by atoms with van der Waals surface area (Å²) in [6, 6.07) is 0. The molecular formula is C3H5B3N2O4. The minimum Gasteiger partial charge on any atom is -0.529 e. The van der Waals surface area contributed by atoms with E-state index in [0.29, 0.717) is 0 Å². The standard InChI is InChI=1S/C3H5B3N2O4/c1-5-12-3(10)8-6-7-2(9)11-4/h1H3,(H,7,9)(H,8,10). The highest BCUT2D eigenvalue weighted by atomic mass is 16.5. The van der Waals surface area contributed by atoms with Crippen molar-refractivity contribution in [2.45, 2.75) is 6.82 Å². The number of hydrogen-bond acceptors (Lipinski definition) is 4. The molecule has 0 spiro atoms. The van der Waals surface area contributed by atoms with Crippen LogP contribution in [-0.2, 0) is 9.31 Å². The Hall–Kier alpha value is -1.27. The van der Waals surface area contributed by atoms with Crippen molar-refractivity contribution in [2.75, 3.05) is 0 Å². The maximum absolute atomic E-state index is 10.5. The molecule has 0 saturated heterocycles. The van der Waals surface area contributed by atoms with Crippen LogP contribution < -0.4 is 10.5 Å². The van der Waals surface area contributed by atoms with Crippen LogP contribution in [0.15, 0.2) is 0 Å². The summed E-state index contributed by atoms with van der Waals surface area (Å²) in [6.07, 6.45) is -1.62. The normalized spacial score (nSPS) is 7.75. The highest BCUT2D eigenvalue weighted by Gasteiger charge is 2.03. The molecule has 0 bridgehead atoms. The Morgan fingerprint density at radius 2 is 1.92 bits per heavy atom. The van der Waals surface area contributed by atoms with E-state index in [1.807, 2.05) is 5.23 Å². The quantitative estimate of drug-likeness (QED) is 0.511. The van der Waals surface area contributed by atoms with Crippen molar-refractivity contribution in [3.8, 4) is 0 Å². The average Bonchev–Trinajstić information content (AvgIpc) is 2.04. The van der Waals surface area contributed by atoms with Crippen molar-refractivity contribution in [2.24, 2.45) is 0 Å². The molecular weight excluding hydrogens is 160 g/mol. The van der Waals surface area contributed by atoms with Gasteiger partial charge in [0.05, 0.1) is 0 Å². The Balaban J connectivity index is 3.30. The lowest BCUT2D eigenvalue weighted by molar-refractivity contribution is 0.208. The van der Waals surface area contributed by atoms with Crippen LogP contribution in [0.4, 0.5) is 9.59 Å². The molecule has 0 aromatic rings. The van der Waals surface area contributed by atoms with Gasteiger partial charge in [0.25, 0.3) is 0 Å². The first-order chi connectivity index (χ1) is 5.70. The topological polar surface area (TPSA) is 76.7 Å². The minimum atomic E-state index is -0.893. The van der Waals surface area contributed by atoms with Crippen molar-refractivity contribution in [1.29, 1.82) is 0 Å². The Kier molecular flexibility index (Phi) is 5.77. The van der Waals surface area contributed by atoms with Gasteiger partial charge >= 0.3 is 35.3 Å². The van der Waals surface area contributed by atoms with Gasteiger partial charge in [0, 0.05) is 0 Å². The molecule has 9 heteroatoms. The molecule has 0 rings (SSSR count). The molecule has 0 saturated carbocycles. The molecule has 0 aromatic carbocycles. The van der Waals surface area contributed by atoms with E-state index in [0.717, 1.165) is 7.55 Å². The van der Waals surface area contributed by atoms with E-state index >= 15 is 0 Å². The van der Waals surface area contributed by atoms with Crippen molar-refractivity contribution in [3.05, 3.63) is 0 Å². The van der Waals surface area contributed by atoms with Crippen molar-refractivity contribution >= 4 is 35.3 Å². The van der Waals surface area contributed by atoms with E-state index < -0.39 is 12.2 Å². The molecule has 0 aliphatic carbocycles. The number of nitrogens with one attached hydrogen (secondary N) is 2. The summed E-state index contributed by atoms with van der Waals surface area (Å²) < 4.78 is 8.04. The molecule has 2 N–H and O–H groups in total. The lowest BCUT2D eigenvalue weighted by atomic mass is 10.1. The average molecular weight is 166 g/mol. The summed E-state index contributed by atoms with van der Waals surface area (Å²) in [5.41, 5.74) is 0. The van der Waals surface area contributed by atoms with E-state index in [1.54, 1.807) is 0 Å². The number of hydrogen-bond donors (Lipinski definition) is 2. The fourth-order valence-corrected chi connectivity index (χ4v) is 0.329. The summed E-state index contributed by atoms with van der Waals surface area (Å²) in [7, 11) is 6.58. The van der Waals surface area contributed by atoms with Gasteiger partial charge in [-0.3, -0.25) is 0 Å². The predicted octanol–water partition coefficient (Wildman–Crippen LogP) is -1.28. The van der Waals surface area contributed by atoms with Crippen molar-refractivity contribution in [1.82, 2.24) is 10.5 Å². The highest BCUT2D eigenvalue weighted by Crippen LogP contribution is 1.71. The van der Waals surface area contributed by atoms with Crippen LogP contribution >= 0.6 is 0 Å². The maximum atomic E-state index is 10.5. The molecule has 0 aliphatic rings. The molecule has 0 unspecified atom stereocenters. The van der Waals surface area contributed by atoms with Crippen LogP contribution in [0.25, 0.3) is 0 Å². The molecule has 12 heavy (non-hydrogen) atoms. The van der Waals surface area contributed by atoms with E-state index in [-0.39, 0.29) is 0 Å². The van der Waals surface area contributed by atoms with Gasteiger partial charge in [-0.15, -0.1) is 0 Å². The number of amides is 2. The lowest BCUT2D eigenvalue weighted by Crippen LogP contribution is -2.41. The maximum Gasteiger partial charge on any atom is 0.395 e. The largest absolute Gasteiger partial charge is 0.529 e. The molecule has 6 nitrogen and oxygen atoms in total. The van der Waals surface area contributed by atoms with Crippen LogP contribution in [0.1, 0.15) is 0 Å². The van der Waals surface area contributed by atoms with Gasteiger partial charge in [-0.2, -0.15) is 0 Å². The monoisotopic (exact) mass is 166 g/mol. The van der Waals surface area contributed by atoms with E-state index in [1.165, 1.54) is 14.3 Å². The second-order valence-electron chi connectivity index (χ2n) is 1.48. The first-order valence-corrected chi connectivity index (χ1v) is 2.94. The van der Waals surface area contributed by atoms with Crippen LogP contribution in [0.5, 0.6) is 0 Å². The Morgan fingerprint density at radius 1 is 1.33 bits per heavy atom. The van der Waals surface area contributed by atoms with Crippen LogP contribution in [-0.4, -0.2) is 35.3 Å². The molecule has 0 atom stereocenters. The van der Waals surface area contributed by atoms with Gasteiger partial charge in [0.15, 0.2) is 0 Å². The summed E-state index contributed by atoms with van der Waals surface area (Å²) in [6.45, 7) is 1.53. The number of carbonyl (C=O) groups is 2. The SMILES string of the molecule is [B]OC(=O)N[B]NC(=O)O[B]C. The molecule has 0 aliphatic heterocycles. The van der Waals surface area contributed by atoms with E-state index in [2.05, 4.69) is 22.6 Å². The molecule has 2 amide bonds. The number of carbonyl (C=O) groups excluding carboxylic acids is 2. The van der Waals surface area contributed by atoms with Crippen molar-refractivity contribution in [3.63, 3.8) is 0 Å². The van der Waals surface area contributed by atoms with E-state index in [9.17, 15) is 9.59 Å². The van der Waals surface area contributed by atoms with E-state index in [4.69, 9.17) is 0 Å². The fraction of sp³-hybridized carbons (Fsp3) is 0.333. The van der Waals surface area contributed by atoms with Crippen LogP contribution in [0.3, 0.4) is 0 Å². The Bertz CT molecular complexity index is 166. The summed E-state index contributed by atoms with van der Waals surface area (Å²) in [4.78, 5) is 20.8. The lowest BCUT2D eigenvalue weighted by Gasteiger charge is -2.03. The zero-order valence-electron chi connectivity index (χ0n) is 6.37. The Morgan fingerprint density at radius 3 is 2.42 bits per heavy atom. The van der Waals surface area contributed by atoms with Gasteiger partial charge in [-0.1, -0.05) is 0 Å². The summed E-state index contributed by atoms with van der Waals surface area (Å²) in [5.74, 6) is 0. The first-order valence-electron chi connectivity index (χ1n) is 2.94. The smallest absolute Gasteiger partial charge is 0.395 e. The summed E-state index contributed by atoms with van der Waals surface area (Å²) in [5, 5.41) is 4.05. The van der Waals surface area contributed by atoms with Crippen molar-refractivity contribution < 1.29 is 18.9 Å². The van der Waals surface area contributed by atoms with Crippen LogP contribution in [0, 0.1) is 0 Å².